The third kappa shape index (κ3) is 7.10. The number of hydrogen-bond donors (Lipinski definition) is 0. The highest BCUT2D eigenvalue weighted by Crippen LogP contribution is 2.53. The number of para-hydroxylation sites is 4. The van der Waals surface area contributed by atoms with Crippen molar-refractivity contribution in [1.29, 1.82) is 0 Å². The summed E-state index contributed by atoms with van der Waals surface area (Å²) < 4.78 is 19.3. The second-order valence-corrected chi connectivity index (χ2v) is 23.0. The van der Waals surface area contributed by atoms with Crippen LogP contribution in [-0.2, 0) is 10.8 Å². The van der Waals surface area contributed by atoms with Gasteiger partial charge in [0.15, 0.2) is 11.5 Å². The van der Waals surface area contributed by atoms with Gasteiger partial charge < -0.3 is 28.6 Å². The average molecular weight is 1010 g/mol. The summed E-state index contributed by atoms with van der Waals surface area (Å²) in [6.07, 6.45) is 0. The summed E-state index contributed by atoms with van der Waals surface area (Å²) in [5, 5.41) is 1.07. The van der Waals surface area contributed by atoms with Crippen molar-refractivity contribution in [3.05, 3.63) is 241 Å². The van der Waals surface area contributed by atoms with E-state index in [0.717, 1.165) is 102 Å². The van der Waals surface area contributed by atoms with Gasteiger partial charge in [-0.2, -0.15) is 0 Å². The van der Waals surface area contributed by atoms with Gasteiger partial charge in [0, 0.05) is 61.9 Å². The molecule has 0 radical (unpaired) electrons. The summed E-state index contributed by atoms with van der Waals surface area (Å²) in [5.41, 5.74) is 24.9. The van der Waals surface area contributed by atoms with Crippen LogP contribution in [0.15, 0.2) is 223 Å². The van der Waals surface area contributed by atoms with E-state index in [2.05, 4.69) is 262 Å². The Morgan fingerprint density at radius 2 is 1.22 bits per heavy atom. The molecule has 11 aromatic rings. The summed E-state index contributed by atoms with van der Waals surface area (Å²) in [4.78, 5) is 7.36. The highest BCUT2D eigenvalue weighted by atomic mass is 16.7. The molecule has 4 heterocycles. The molecule has 0 saturated carbocycles. The first kappa shape index (κ1) is 46.1. The van der Waals surface area contributed by atoms with Crippen molar-refractivity contribution in [2.24, 2.45) is 0 Å². The summed E-state index contributed by atoms with van der Waals surface area (Å²) >= 11 is 0. The quantitative estimate of drug-likeness (QED) is 0.148. The fourth-order valence-electron chi connectivity index (χ4n) is 13.0. The maximum atomic E-state index is 6.83. The van der Waals surface area contributed by atoms with Crippen molar-refractivity contribution < 1.29 is 13.9 Å². The smallest absolute Gasteiger partial charge is 0.252 e. The molecule has 4 aliphatic rings. The zero-order chi connectivity index (χ0) is 52.6. The second-order valence-electron chi connectivity index (χ2n) is 23.0. The molecule has 78 heavy (non-hydrogen) atoms. The van der Waals surface area contributed by atoms with E-state index in [0.29, 0.717) is 0 Å². The van der Waals surface area contributed by atoms with E-state index in [4.69, 9.17) is 13.9 Å². The lowest BCUT2D eigenvalue weighted by atomic mass is 9.33. The zero-order valence-corrected chi connectivity index (χ0v) is 44.6. The van der Waals surface area contributed by atoms with E-state index in [1.165, 1.54) is 44.2 Å². The Morgan fingerprint density at radius 3 is 2.00 bits per heavy atom. The standard InChI is InChI=1S/C71H56BN3O3/c1-44-34-63-68-64(35-44)75(61-25-17-27-66-69(61)77-43-76-66)60-33-29-49(70(2,3)4)41-59(60)72(68)58-32-30-52(73(50-19-9-7-10-20-50)51-21-11-8-12-22-51)42-62(58)74(63)53-37-47(36-48(38-53)67-40-46-18-13-16-26-65(46)78-67)45-28-31-55-54-23-14-15-24-56(54)71(5,6)57(55)39-45/h7-42H,43H2,1-6H3. The number of rotatable bonds is 7. The molecule has 15 rings (SSSR count). The van der Waals surface area contributed by atoms with E-state index in [-0.39, 0.29) is 24.3 Å². The van der Waals surface area contributed by atoms with Crippen molar-refractivity contribution in [1.82, 2.24) is 0 Å². The lowest BCUT2D eigenvalue weighted by molar-refractivity contribution is 0.174. The van der Waals surface area contributed by atoms with E-state index >= 15 is 0 Å². The van der Waals surface area contributed by atoms with E-state index < -0.39 is 0 Å². The number of hydrogen-bond acceptors (Lipinski definition) is 6. The summed E-state index contributed by atoms with van der Waals surface area (Å²) in [6.45, 7) is 13.9. The third-order valence-electron chi connectivity index (χ3n) is 16.8. The summed E-state index contributed by atoms with van der Waals surface area (Å²) in [7, 11) is 0. The van der Waals surface area contributed by atoms with Crippen molar-refractivity contribution in [2.45, 2.75) is 52.4 Å². The molecule has 0 N–H and O–H groups in total. The minimum atomic E-state index is -0.173. The number of furan rings is 1. The van der Waals surface area contributed by atoms with E-state index in [1.807, 2.05) is 12.1 Å². The monoisotopic (exact) mass is 1010 g/mol. The molecule has 7 heteroatoms. The molecule has 6 nitrogen and oxygen atoms in total. The Bertz CT molecular complexity index is 4180. The van der Waals surface area contributed by atoms with Gasteiger partial charge in [-0.15, -0.1) is 0 Å². The number of benzene rings is 10. The van der Waals surface area contributed by atoms with Crippen LogP contribution in [0, 0.1) is 6.92 Å². The van der Waals surface area contributed by atoms with Crippen molar-refractivity contribution >= 4 is 85.3 Å². The third-order valence-corrected chi connectivity index (χ3v) is 16.8. The van der Waals surface area contributed by atoms with Gasteiger partial charge in [0.2, 0.25) is 6.79 Å². The first-order valence-electron chi connectivity index (χ1n) is 27.2. The van der Waals surface area contributed by atoms with Crippen LogP contribution < -0.4 is 40.6 Å². The lowest BCUT2D eigenvalue weighted by Crippen LogP contribution is -2.61. The molecule has 376 valence electrons. The van der Waals surface area contributed by atoms with E-state index in [1.54, 1.807) is 0 Å². The van der Waals surface area contributed by atoms with Crippen LogP contribution in [0.5, 0.6) is 11.5 Å². The first-order valence-corrected chi connectivity index (χ1v) is 27.2. The molecule has 0 fully saturated rings. The Labute approximate surface area is 456 Å². The van der Waals surface area contributed by atoms with Crippen LogP contribution >= 0.6 is 0 Å². The minimum Gasteiger partial charge on any atom is -0.456 e. The van der Waals surface area contributed by atoms with Crippen LogP contribution in [-0.4, -0.2) is 13.5 Å². The molecule has 0 bridgehead atoms. The average Bonchev–Trinajstić information content (AvgIpc) is 4.03. The van der Waals surface area contributed by atoms with Crippen LogP contribution in [0.2, 0.25) is 0 Å². The Hall–Kier alpha value is -9.20. The van der Waals surface area contributed by atoms with Crippen molar-refractivity contribution in [2.75, 3.05) is 21.5 Å². The van der Waals surface area contributed by atoms with Crippen molar-refractivity contribution in [3.63, 3.8) is 0 Å². The topological polar surface area (TPSA) is 41.3 Å². The normalized spacial score (nSPS) is 14.2. The fraction of sp³-hybridized carbons (Fsp3) is 0.127. The molecule has 1 aromatic heterocycles. The van der Waals surface area contributed by atoms with Crippen LogP contribution in [0.1, 0.15) is 56.9 Å². The Kier molecular flexibility index (Phi) is 10.1. The van der Waals surface area contributed by atoms with Crippen LogP contribution in [0.3, 0.4) is 0 Å². The number of anilines is 9. The number of aryl methyl sites for hydroxylation is 1. The van der Waals surface area contributed by atoms with Gasteiger partial charge >= 0.3 is 0 Å². The lowest BCUT2D eigenvalue weighted by Gasteiger charge is -2.45. The number of fused-ring (bicyclic) bond motifs is 9. The van der Waals surface area contributed by atoms with Gasteiger partial charge in [0.1, 0.15) is 11.3 Å². The highest BCUT2D eigenvalue weighted by molar-refractivity contribution is 7.00. The molecule has 1 aliphatic carbocycles. The maximum absolute atomic E-state index is 6.83. The molecule has 0 unspecified atom stereocenters. The van der Waals surface area contributed by atoms with Crippen molar-refractivity contribution in [3.8, 4) is 45.1 Å². The van der Waals surface area contributed by atoms with Gasteiger partial charge in [0.05, 0.1) is 5.69 Å². The maximum Gasteiger partial charge on any atom is 0.252 e. The molecular weight excluding hydrogens is 954 g/mol. The molecular formula is C71H56BN3O3. The summed E-state index contributed by atoms with van der Waals surface area (Å²) in [5.74, 6) is 2.32. The van der Waals surface area contributed by atoms with Crippen LogP contribution in [0.4, 0.5) is 51.2 Å². The minimum absolute atomic E-state index is 0.108. The summed E-state index contributed by atoms with van der Waals surface area (Å²) in [6, 6.07) is 80.3. The molecule has 0 atom stereocenters. The fourth-order valence-corrected chi connectivity index (χ4v) is 13.0. The predicted octanol–water partition coefficient (Wildman–Crippen LogP) is 17.0. The molecule has 10 aromatic carbocycles. The predicted molar refractivity (Wildman–Crippen MR) is 323 cm³/mol. The Balaban J connectivity index is 1.03. The second kappa shape index (κ2) is 17.2. The Morgan fingerprint density at radius 1 is 0.500 bits per heavy atom. The number of ether oxygens (including phenoxy) is 2. The molecule has 0 spiro atoms. The SMILES string of the molecule is Cc1cc2c3c(c1)N(c1cccc4c1OCO4)c1ccc(C(C)(C)C)cc1B3c1ccc(N(c3ccccc3)c3ccccc3)cc1N2c1cc(-c2ccc3c(c2)C(C)(C)c2ccccc2-3)cc(-c2cc3ccccc3o2)c1. The largest absolute Gasteiger partial charge is 0.456 e. The molecule has 0 saturated heterocycles. The molecule has 3 aliphatic heterocycles. The van der Waals surface area contributed by atoms with E-state index in [9.17, 15) is 0 Å². The van der Waals surface area contributed by atoms with Crippen LogP contribution in [0.25, 0.3) is 44.5 Å². The van der Waals surface area contributed by atoms with Gasteiger partial charge in [-0.3, -0.25) is 0 Å². The van der Waals surface area contributed by atoms with Gasteiger partial charge in [-0.1, -0.05) is 150 Å². The van der Waals surface area contributed by atoms with Gasteiger partial charge in [-0.25, -0.2) is 0 Å². The zero-order valence-electron chi connectivity index (χ0n) is 44.6. The first-order chi connectivity index (χ1) is 38.0. The molecule has 0 amide bonds. The van der Waals surface area contributed by atoms with Gasteiger partial charge in [-0.05, 0) is 176 Å². The number of nitrogens with zero attached hydrogens (tertiary/aromatic N) is 3. The van der Waals surface area contributed by atoms with Gasteiger partial charge in [0.25, 0.3) is 6.71 Å². The highest BCUT2D eigenvalue weighted by Gasteiger charge is 2.45.